The van der Waals surface area contributed by atoms with Crippen molar-refractivity contribution in [2.45, 2.75) is 29.1 Å². The summed E-state index contributed by atoms with van der Waals surface area (Å²) in [5.41, 5.74) is 31.2. The summed E-state index contributed by atoms with van der Waals surface area (Å²) in [6.07, 6.45) is 14.3. The van der Waals surface area contributed by atoms with Crippen LogP contribution in [-0.4, -0.2) is 0 Å². The van der Waals surface area contributed by atoms with E-state index in [1.165, 1.54) is 149 Å². The Bertz CT molecular complexity index is 4380. The minimum Gasteiger partial charge on any atom is -0.0836 e. The molecule has 0 aromatic heterocycles. The van der Waals surface area contributed by atoms with E-state index in [-0.39, 0.29) is 5.41 Å². The van der Waals surface area contributed by atoms with Gasteiger partial charge >= 0.3 is 0 Å². The zero-order valence-electron chi connectivity index (χ0n) is 45.2. The molecular weight excluding hydrogens is 1000 g/mol. The fraction of sp³-hybridized carbons (Fsp3) is 0.0617. The molecule has 0 saturated heterocycles. The Morgan fingerprint density at radius 2 is 0.561 bits per heavy atom. The van der Waals surface area contributed by atoms with Crippen molar-refractivity contribution >= 4 is 52.7 Å². The minimum atomic E-state index is -1.02. The van der Waals surface area contributed by atoms with Crippen molar-refractivity contribution in [2.75, 3.05) is 0 Å². The van der Waals surface area contributed by atoms with Gasteiger partial charge in [-0.05, 0) is 188 Å². The highest BCUT2D eigenvalue weighted by molar-refractivity contribution is 7.79. The maximum absolute atomic E-state index is 2.52. The maximum Gasteiger partial charge on any atom is 0.0725 e. The third kappa shape index (κ3) is 5.95. The second kappa shape index (κ2) is 17.3. The number of allylic oxidation sites excluding steroid dienone is 8. The maximum atomic E-state index is 2.52. The van der Waals surface area contributed by atoms with Crippen molar-refractivity contribution in [1.29, 1.82) is 0 Å². The third-order valence-corrected chi connectivity index (χ3v) is 22.1. The monoisotopic (exact) mass is 1060 g/mol. The Labute approximate surface area is 480 Å². The molecule has 82 heavy (non-hydrogen) atoms. The van der Waals surface area contributed by atoms with Crippen molar-refractivity contribution in [2.24, 2.45) is 0 Å². The molecule has 382 valence electrons. The largest absolute Gasteiger partial charge is 0.0836 e. The molecule has 0 amide bonds. The average molecular weight is 1060 g/mol. The smallest absolute Gasteiger partial charge is 0.0725 e. The van der Waals surface area contributed by atoms with E-state index in [1.807, 2.05) is 0 Å². The standard InChI is InChI=1S/C81H53P/c1-10-28-67-55(19-1)49-76(79(67)70-31-13-4-22-61(70)62-23-5-14-32-71(62)79)52-37-43-58(44-38-52)82(59-45-39-53(40-46-59)77-50-56-20-2-11-29-68(56)80(77)72-33-15-6-24-63(72)64-25-7-16-34-73(64)80)60-47-41-54(42-48-60)78-51-57-21-3-12-30-69(57)81(78)74-35-17-8-26-65(74)66-27-9-18-36-75(66)81/h1-11,13-29,31-51H,12,30H2. The molecule has 7 aliphatic carbocycles. The molecule has 3 spiro atoms. The molecule has 0 saturated carbocycles. The van der Waals surface area contributed by atoms with Crippen LogP contribution in [0.25, 0.3) is 62.3 Å². The van der Waals surface area contributed by atoms with Gasteiger partial charge in [0, 0.05) is 0 Å². The Balaban J connectivity index is 0.787. The van der Waals surface area contributed by atoms with Crippen LogP contribution in [0.3, 0.4) is 0 Å². The summed E-state index contributed by atoms with van der Waals surface area (Å²) in [5, 5.41) is 4.00. The van der Waals surface area contributed by atoms with Gasteiger partial charge in [-0.25, -0.2) is 0 Å². The molecule has 0 unspecified atom stereocenters. The van der Waals surface area contributed by atoms with Crippen molar-refractivity contribution < 1.29 is 0 Å². The first-order valence-electron chi connectivity index (χ1n) is 29.1. The number of fused-ring (bicyclic) bond motifs is 20. The average Bonchev–Trinajstić information content (AvgIpc) is 1.83. The molecule has 0 atom stereocenters. The summed E-state index contributed by atoms with van der Waals surface area (Å²) in [4.78, 5) is 0. The lowest BCUT2D eigenvalue weighted by atomic mass is 9.66. The molecule has 0 heterocycles. The SMILES string of the molecule is C1=CC2=C(CC1)C1(C(c3ccc(P(c4ccc(C5=Cc6ccccc6C56c5ccccc5-c5ccccc56)cc4)c4ccc(C5=Cc6ccccc6C56c5ccccc5-c5ccccc56)cc4)cc3)=C2)c2ccccc2-c2ccccc21. The second-order valence-corrected chi connectivity index (χ2v) is 25.4. The number of rotatable bonds is 6. The Hall–Kier alpha value is -9.45. The van der Waals surface area contributed by atoms with Crippen LogP contribution in [-0.2, 0) is 16.2 Å². The van der Waals surface area contributed by atoms with Gasteiger partial charge in [-0.1, -0.05) is 279 Å². The lowest BCUT2D eigenvalue weighted by molar-refractivity contribution is 0.743. The van der Waals surface area contributed by atoms with E-state index >= 15 is 0 Å². The molecule has 0 aliphatic heterocycles. The molecule has 18 rings (SSSR count). The lowest BCUT2D eigenvalue weighted by Gasteiger charge is -2.35. The summed E-state index contributed by atoms with van der Waals surface area (Å²) >= 11 is 0. The summed E-state index contributed by atoms with van der Waals surface area (Å²) in [5.74, 6) is 0. The van der Waals surface area contributed by atoms with Crippen LogP contribution in [0, 0.1) is 0 Å². The molecule has 0 N–H and O–H groups in total. The van der Waals surface area contributed by atoms with Crippen LogP contribution in [0.15, 0.2) is 296 Å². The minimum absolute atomic E-state index is 0.330. The van der Waals surface area contributed by atoms with Gasteiger partial charge in [-0.15, -0.1) is 0 Å². The van der Waals surface area contributed by atoms with Crippen molar-refractivity contribution in [3.63, 3.8) is 0 Å². The van der Waals surface area contributed by atoms with Gasteiger partial charge in [0.1, 0.15) is 0 Å². The van der Waals surface area contributed by atoms with Gasteiger partial charge in [0.2, 0.25) is 0 Å². The van der Waals surface area contributed by atoms with Gasteiger partial charge in [0.25, 0.3) is 0 Å². The van der Waals surface area contributed by atoms with E-state index in [1.54, 1.807) is 0 Å². The van der Waals surface area contributed by atoms with Gasteiger partial charge in [-0.2, -0.15) is 0 Å². The van der Waals surface area contributed by atoms with Crippen molar-refractivity contribution in [3.8, 4) is 33.4 Å². The predicted molar refractivity (Wildman–Crippen MR) is 343 cm³/mol. The van der Waals surface area contributed by atoms with Crippen LogP contribution in [0.5, 0.6) is 0 Å². The van der Waals surface area contributed by atoms with Crippen LogP contribution in [0.1, 0.15) is 85.2 Å². The Morgan fingerprint density at radius 3 is 0.915 bits per heavy atom. The third-order valence-electron chi connectivity index (χ3n) is 19.7. The molecule has 0 fully saturated rings. The van der Waals surface area contributed by atoms with Gasteiger partial charge in [0.05, 0.1) is 16.2 Å². The van der Waals surface area contributed by atoms with Gasteiger partial charge < -0.3 is 0 Å². The van der Waals surface area contributed by atoms with Gasteiger partial charge in [0.15, 0.2) is 0 Å². The van der Waals surface area contributed by atoms with E-state index < -0.39 is 18.8 Å². The molecule has 0 nitrogen and oxygen atoms in total. The van der Waals surface area contributed by atoms with Crippen LogP contribution < -0.4 is 15.9 Å². The highest BCUT2D eigenvalue weighted by Crippen LogP contribution is 2.66. The molecule has 1 heteroatoms. The highest BCUT2D eigenvalue weighted by atomic mass is 31.1. The summed E-state index contributed by atoms with van der Waals surface area (Å²) in [7, 11) is -1.02. The quantitative estimate of drug-likeness (QED) is 0.146. The summed E-state index contributed by atoms with van der Waals surface area (Å²) in [6, 6.07) is 102. The normalized spacial score (nSPS) is 16.7. The summed E-state index contributed by atoms with van der Waals surface area (Å²) in [6.45, 7) is 0. The van der Waals surface area contributed by atoms with E-state index in [0.29, 0.717) is 0 Å². The molecule has 0 bridgehead atoms. The van der Waals surface area contributed by atoms with Crippen molar-refractivity contribution in [3.05, 3.63) is 369 Å². The molecule has 0 radical (unpaired) electrons. The number of hydrogen-bond donors (Lipinski definition) is 0. The van der Waals surface area contributed by atoms with E-state index in [0.717, 1.165) is 12.8 Å². The molecule has 7 aliphatic rings. The fourth-order valence-electron chi connectivity index (χ4n) is 16.6. The first-order chi connectivity index (χ1) is 40.7. The van der Waals surface area contributed by atoms with Crippen LogP contribution >= 0.6 is 7.92 Å². The Kier molecular flexibility index (Phi) is 9.76. The predicted octanol–water partition coefficient (Wildman–Crippen LogP) is 18.2. The number of benzene rings is 11. The zero-order valence-corrected chi connectivity index (χ0v) is 46.0. The Morgan fingerprint density at radius 1 is 0.268 bits per heavy atom. The highest BCUT2D eigenvalue weighted by Gasteiger charge is 2.54. The topological polar surface area (TPSA) is 0 Å². The number of hydrogen-bond acceptors (Lipinski definition) is 0. The van der Waals surface area contributed by atoms with E-state index in [9.17, 15) is 0 Å². The van der Waals surface area contributed by atoms with Gasteiger partial charge in [-0.3, -0.25) is 0 Å². The lowest BCUT2D eigenvalue weighted by Crippen LogP contribution is -2.28. The van der Waals surface area contributed by atoms with Crippen LogP contribution in [0.2, 0.25) is 0 Å². The van der Waals surface area contributed by atoms with E-state index in [4.69, 9.17) is 0 Å². The zero-order chi connectivity index (χ0) is 53.7. The fourth-order valence-corrected chi connectivity index (χ4v) is 18.8. The summed E-state index contributed by atoms with van der Waals surface area (Å²) < 4.78 is 0. The first kappa shape index (κ1) is 46.3. The molecule has 11 aromatic carbocycles. The van der Waals surface area contributed by atoms with Crippen molar-refractivity contribution in [1.82, 2.24) is 0 Å². The van der Waals surface area contributed by atoms with E-state index in [2.05, 4.69) is 297 Å². The molecule has 11 aromatic rings. The molecular formula is C81H53P. The first-order valence-corrected chi connectivity index (χ1v) is 30.5. The van der Waals surface area contributed by atoms with Crippen LogP contribution in [0.4, 0.5) is 0 Å². The second-order valence-electron chi connectivity index (χ2n) is 23.2.